The van der Waals surface area contributed by atoms with E-state index in [9.17, 15) is 19.7 Å². The molecule has 0 radical (unpaired) electrons. The zero-order chi connectivity index (χ0) is 22.5. The Kier molecular flexibility index (Phi) is 6.96. The third kappa shape index (κ3) is 4.88. The lowest BCUT2D eigenvalue weighted by atomic mass is 10.1. The zero-order valence-corrected chi connectivity index (χ0v) is 17.9. The highest BCUT2D eigenvalue weighted by Gasteiger charge is 2.28. The summed E-state index contributed by atoms with van der Waals surface area (Å²) in [7, 11) is 1.48. The number of hydrogen-bond acceptors (Lipinski definition) is 7. The number of hydrogen-bond donors (Lipinski definition) is 0. The largest absolute Gasteiger partial charge is 0.496 e. The van der Waals surface area contributed by atoms with Crippen LogP contribution < -0.4 is 9.64 Å². The van der Waals surface area contributed by atoms with Gasteiger partial charge in [-0.1, -0.05) is 11.6 Å². The summed E-state index contributed by atoms with van der Waals surface area (Å²) in [6, 6.07) is 9.13. The maximum absolute atomic E-state index is 12.9. The van der Waals surface area contributed by atoms with Crippen LogP contribution in [0.1, 0.15) is 27.6 Å². The first kappa shape index (κ1) is 22.4. The number of nitro groups is 1. The van der Waals surface area contributed by atoms with Gasteiger partial charge >= 0.3 is 5.97 Å². The number of benzene rings is 2. The number of piperazine rings is 1. The molecule has 1 aliphatic heterocycles. The second-order valence-electron chi connectivity index (χ2n) is 6.80. The molecule has 0 atom stereocenters. The summed E-state index contributed by atoms with van der Waals surface area (Å²) < 4.78 is 10.2. The van der Waals surface area contributed by atoms with E-state index in [0.29, 0.717) is 48.2 Å². The standard InChI is InChI=1S/C21H22ClN3O6/c1-3-31-21(27)14-4-6-17(18(12-14)25(28)29)23-8-10-24(11-9-23)20(26)16-13-15(22)5-7-19(16)30-2/h4-7,12-13H,3,8-11H2,1-2H3. The quantitative estimate of drug-likeness (QED) is 0.380. The average molecular weight is 448 g/mol. The number of anilines is 1. The van der Waals surface area contributed by atoms with Gasteiger partial charge in [0.1, 0.15) is 11.4 Å². The second-order valence-corrected chi connectivity index (χ2v) is 7.24. The van der Waals surface area contributed by atoms with Crippen molar-refractivity contribution in [2.24, 2.45) is 0 Å². The zero-order valence-electron chi connectivity index (χ0n) is 17.2. The highest BCUT2D eigenvalue weighted by molar-refractivity contribution is 6.31. The molecule has 1 amide bonds. The maximum atomic E-state index is 12.9. The lowest BCUT2D eigenvalue weighted by Gasteiger charge is -2.36. The third-order valence-corrected chi connectivity index (χ3v) is 5.22. The van der Waals surface area contributed by atoms with Crippen molar-refractivity contribution in [2.75, 3.05) is 44.8 Å². The van der Waals surface area contributed by atoms with Gasteiger partial charge in [0.25, 0.3) is 11.6 Å². The number of carbonyl (C=O) groups excluding carboxylic acids is 2. The average Bonchev–Trinajstić information content (AvgIpc) is 2.78. The summed E-state index contributed by atoms with van der Waals surface area (Å²) in [5.74, 6) is -0.392. The Morgan fingerprint density at radius 3 is 2.45 bits per heavy atom. The van der Waals surface area contributed by atoms with Crippen LogP contribution in [0.4, 0.5) is 11.4 Å². The molecule has 2 aromatic carbocycles. The molecule has 1 aliphatic rings. The fourth-order valence-corrected chi connectivity index (χ4v) is 3.62. The Balaban J connectivity index is 1.76. The Morgan fingerprint density at radius 1 is 1.13 bits per heavy atom. The molecule has 3 rings (SSSR count). The van der Waals surface area contributed by atoms with Crippen LogP contribution in [0.15, 0.2) is 36.4 Å². The van der Waals surface area contributed by atoms with E-state index in [1.165, 1.54) is 19.2 Å². The Bertz CT molecular complexity index is 1000. The maximum Gasteiger partial charge on any atom is 0.338 e. The van der Waals surface area contributed by atoms with E-state index < -0.39 is 10.9 Å². The molecule has 0 bridgehead atoms. The first-order chi connectivity index (χ1) is 14.8. The molecule has 0 unspecified atom stereocenters. The number of esters is 1. The van der Waals surface area contributed by atoms with Crippen LogP contribution in [0, 0.1) is 10.1 Å². The van der Waals surface area contributed by atoms with Crippen LogP contribution in [0.5, 0.6) is 5.75 Å². The molecule has 9 nitrogen and oxygen atoms in total. The molecule has 0 N–H and O–H groups in total. The Morgan fingerprint density at radius 2 is 1.84 bits per heavy atom. The smallest absolute Gasteiger partial charge is 0.338 e. The first-order valence-electron chi connectivity index (χ1n) is 9.69. The van der Waals surface area contributed by atoms with Crippen molar-refractivity contribution in [2.45, 2.75) is 6.92 Å². The third-order valence-electron chi connectivity index (χ3n) is 4.98. The van der Waals surface area contributed by atoms with E-state index in [1.807, 2.05) is 4.90 Å². The molecular formula is C21H22ClN3O6. The van der Waals surface area contributed by atoms with Crippen LogP contribution in [-0.4, -0.2) is 61.6 Å². The van der Waals surface area contributed by atoms with Crippen molar-refractivity contribution < 1.29 is 24.0 Å². The summed E-state index contributed by atoms with van der Waals surface area (Å²) in [5, 5.41) is 12.0. The van der Waals surface area contributed by atoms with E-state index in [0.717, 1.165) is 0 Å². The van der Waals surface area contributed by atoms with Crippen molar-refractivity contribution in [3.63, 3.8) is 0 Å². The number of rotatable bonds is 6. The van der Waals surface area contributed by atoms with E-state index in [4.69, 9.17) is 21.1 Å². The Hall–Kier alpha value is -3.33. The van der Waals surface area contributed by atoms with Gasteiger partial charge in [0, 0.05) is 37.3 Å². The van der Waals surface area contributed by atoms with Gasteiger partial charge in [-0.15, -0.1) is 0 Å². The molecule has 0 spiro atoms. The lowest BCUT2D eigenvalue weighted by Crippen LogP contribution is -2.49. The molecule has 1 saturated heterocycles. The second kappa shape index (κ2) is 9.65. The molecule has 0 aliphatic carbocycles. The molecule has 31 heavy (non-hydrogen) atoms. The minimum absolute atomic E-state index is 0.124. The van der Waals surface area contributed by atoms with Crippen LogP contribution in [0.3, 0.4) is 0 Å². The fourth-order valence-electron chi connectivity index (χ4n) is 3.45. The predicted octanol–water partition coefficient (Wildman–Crippen LogP) is 3.40. The SMILES string of the molecule is CCOC(=O)c1ccc(N2CCN(C(=O)c3cc(Cl)ccc3OC)CC2)c([N+](=O)[O-])c1. The van der Waals surface area contributed by atoms with E-state index in [1.54, 1.807) is 36.1 Å². The van der Waals surface area contributed by atoms with E-state index in [2.05, 4.69) is 0 Å². The van der Waals surface area contributed by atoms with Crippen LogP contribution >= 0.6 is 11.6 Å². The van der Waals surface area contributed by atoms with Gasteiger partial charge in [0.05, 0.1) is 29.8 Å². The van der Waals surface area contributed by atoms with Gasteiger partial charge < -0.3 is 19.3 Å². The summed E-state index contributed by atoms with van der Waals surface area (Å²) in [6.07, 6.45) is 0. The molecule has 0 aromatic heterocycles. The van der Waals surface area contributed by atoms with Gasteiger partial charge in [0.2, 0.25) is 0 Å². The van der Waals surface area contributed by atoms with Crippen molar-refractivity contribution >= 4 is 34.9 Å². The number of ether oxygens (including phenoxy) is 2. The number of nitrogens with zero attached hydrogens (tertiary/aromatic N) is 3. The van der Waals surface area contributed by atoms with Gasteiger partial charge in [0.15, 0.2) is 0 Å². The summed E-state index contributed by atoms with van der Waals surface area (Å²) in [4.78, 5) is 39.4. The number of carbonyl (C=O) groups is 2. The summed E-state index contributed by atoms with van der Waals surface area (Å²) >= 11 is 6.03. The minimum Gasteiger partial charge on any atom is -0.496 e. The first-order valence-corrected chi connectivity index (χ1v) is 10.1. The van der Waals surface area contributed by atoms with Crippen LogP contribution in [0.2, 0.25) is 5.02 Å². The topological polar surface area (TPSA) is 102 Å². The molecule has 10 heteroatoms. The van der Waals surface area contributed by atoms with Crippen molar-refractivity contribution in [3.05, 3.63) is 62.7 Å². The normalized spacial score (nSPS) is 13.6. The summed E-state index contributed by atoms with van der Waals surface area (Å²) in [6.45, 7) is 3.38. The fraction of sp³-hybridized carbons (Fsp3) is 0.333. The number of nitro benzene ring substituents is 1. The van der Waals surface area contributed by atoms with Crippen molar-refractivity contribution in [3.8, 4) is 5.75 Å². The van der Waals surface area contributed by atoms with E-state index in [-0.39, 0.29) is 23.8 Å². The molecule has 0 saturated carbocycles. The monoisotopic (exact) mass is 447 g/mol. The van der Waals surface area contributed by atoms with Crippen LogP contribution in [-0.2, 0) is 4.74 Å². The molecule has 2 aromatic rings. The molecular weight excluding hydrogens is 426 g/mol. The van der Waals surface area contributed by atoms with Crippen molar-refractivity contribution in [1.29, 1.82) is 0 Å². The number of methoxy groups -OCH3 is 1. The highest BCUT2D eigenvalue weighted by atomic mass is 35.5. The molecule has 1 heterocycles. The van der Waals surface area contributed by atoms with Gasteiger partial charge in [-0.05, 0) is 37.3 Å². The van der Waals surface area contributed by atoms with Crippen molar-refractivity contribution in [1.82, 2.24) is 4.90 Å². The number of amides is 1. The summed E-state index contributed by atoms with van der Waals surface area (Å²) in [5.41, 5.74) is 0.708. The lowest BCUT2D eigenvalue weighted by molar-refractivity contribution is -0.384. The van der Waals surface area contributed by atoms with Crippen LogP contribution in [0.25, 0.3) is 0 Å². The highest BCUT2D eigenvalue weighted by Crippen LogP contribution is 2.31. The molecule has 164 valence electrons. The van der Waals surface area contributed by atoms with Gasteiger partial charge in [-0.2, -0.15) is 0 Å². The van der Waals surface area contributed by atoms with E-state index >= 15 is 0 Å². The van der Waals surface area contributed by atoms with Gasteiger partial charge in [-0.25, -0.2) is 4.79 Å². The molecule has 1 fully saturated rings. The van der Waals surface area contributed by atoms with Gasteiger partial charge in [-0.3, -0.25) is 14.9 Å². The minimum atomic E-state index is -0.608. The Labute approximate surface area is 184 Å². The predicted molar refractivity (Wildman–Crippen MR) is 115 cm³/mol. The number of halogens is 1.